The van der Waals surface area contributed by atoms with Gasteiger partial charge in [0.25, 0.3) is 0 Å². The monoisotopic (exact) mass is 361 g/mol. The molecule has 19 heavy (non-hydrogen) atoms. The van der Waals surface area contributed by atoms with Crippen LogP contribution in [0.5, 0.6) is 0 Å². The van der Waals surface area contributed by atoms with Crippen LogP contribution in [0.3, 0.4) is 0 Å². The van der Waals surface area contributed by atoms with Gasteiger partial charge in [0.15, 0.2) is 0 Å². The lowest BCUT2D eigenvalue weighted by molar-refractivity contribution is 0.580. The van der Waals surface area contributed by atoms with Gasteiger partial charge in [-0.25, -0.2) is 18.1 Å². The molecule has 1 aromatic heterocycles. The Kier molecular flexibility index (Phi) is 4.69. The molecule has 1 aromatic carbocycles. The Morgan fingerprint density at radius 1 is 1.42 bits per heavy atom. The molecule has 2 rings (SSSR count). The van der Waals surface area contributed by atoms with Crippen molar-refractivity contribution < 1.29 is 8.42 Å². The third-order valence-corrected chi connectivity index (χ3v) is 5.58. The number of thiazole rings is 1. The summed E-state index contributed by atoms with van der Waals surface area (Å²) >= 11 is 4.66. The van der Waals surface area contributed by atoms with Crippen molar-refractivity contribution in [1.29, 1.82) is 0 Å². The summed E-state index contributed by atoms with van der Waals surface area (Å²) in [6.45, 7) is 0.552. The minimum absolute atomic E-state index is 0.186. The van der Waals surface area contributed by atoms with Gasteiger partial charge in [0.1, 0.15) is 5.01 Å². The van der Waals surface area contributed by atoms with Gasteiger partial charge in [-0.3, -0.25) is 0 Å². The minimum Gasteiger partial charge on any atom is -0.326 e. The van der Waals surface area contributed by atoms with Crippen LogP contribution in [0.25, 0.3) is 0 Å². The van der Waals surface area contributed by atoms with Crippen LogP contribution in [-0.2, 0) is 23.1 Å². The number of hydrogen-bond donors (Lipinski definition) is 2. The number of halogens is 1. The van der Waals surface area contributed by atoms with Gasteiger partial charge in [-0.2, -0.15) is 0 Å². The third kappa shape index (κ3) is 3.61. The van der Waals surface area contributed by atoms with Crippen molar-refractivity contribution in [2.75, 3.05) is 0 Å². The van der Waals surface area contributed by atoms with Crippen LogP contribution >= 0.6 is 27.3 Å². The van der Waals surface area contributed by atoms with Crippen LogP contribution < -0.4 is 10.5 Å². The topological polar surface area (TPSA) is 85.1 Å². The number of hydrogen-bond acceptors (Lipinski definition) is 5. The summed E-state index contributed by atoms with van der Waals surface area (Å²) < 4.78 is 27.3. The highest BCUT2D eigenvalue weighted by Crippen LogP contribution is 2.23. The van der Waals surface area contributed by atoms with Gasteiger partial charge in [-0.15, -0.1) is 11.3 Å². The molecular weight excluding hydrogens is 350 g/mol. The van der Waals surface area contributed by atoms with Crippen molar-refractivity contribution in [3.8, 4) is 0 Å². The Bertz CT molecular complexity index is 657. The molecule has 1 heterocycles. The van der Waals surface area contributed by atoms with E-state index in [-0.39, 0.29) is 11.4 Å². The number of nitrogens with one attached hydrogen (secondary N) is 1. The molecule has 2 aromatic rings. The van der Waals surface area contributed by atoms with Gasteiger partial charge in [-0.1, -0.05) is 6.07 Å². The molecule has 8 heteroatoms. The second-order valence-corrected chi connectivity index (χ2v) is 7.29. The zero-order valence-corrected chi connectivity index (χ0v) is 13.1. The van der Waals surface area contributed by atoms with E-state index in [1.807, 2.05) is 0 Å². The molecule has 102 valence electrons. The van der Waals surface area contributed by atoms with E-state index in [9.17, 15) is 8.42 Å². The number of rotatable bonds is 5. The molecule has 0 aliphatic rings. The summed E-state index contributed by atoms with van der Waals surface area (Å²) in [5.74, 6) is 0. The van der Waals surface area contributed by atoms with E-state index in [1.54, 1.807) is 23.7 Å². The Morgan fingerprint density at radius 3 is 2.79 bits per heavy atom. The van der Waals surface area contributed by atoms with E-state index in [0.29, 0.717) is 11.0 Å². The number of nitrogens with zero attached hydrogens (tertiary/aromatic N) is 1. The molecule has 5 nitrogen and oxygen atoms in total. The molecule has 0 fully saturated rings. The largest absolute Gasteiger partial charge is 0.326 e. The highest BCUT2D eigenvalue weighted by atomic mass is 79.9. The average molecular weight is 362 g/mol. The summed E-state index contributed by atoms with van der Waals surface area (Å²) in [6, 6.07) is 4.94. The summed E-state index contributed by atoms with van der Waals surface area (Å²) in [4.78, 5) is 4.22. The highest BCUT2D eigenvalue weighted by Gasteiger charge is 2.17. The fourth-order valence-corrected chi connectivity index (χ4v) is 4.22. The third-order valence-electron chi connectivity index (χ3n) is 2.42. The van der Waals surface area contributed by atoms with E-state index in [0.717, 1.165) is 10.6 Å². The molecule has 3 N–H and O–H groups in total. The molecule has 0 amide bonds. The molecule has 0 atom stereocenters. The summed E-state index contributed by atoms with van der Waals surface area (Å²) in [5, 5.41) is 2.52. The van der Waals surface area contributed by atoms with E-state index < -0.39 is 10.0 Å². The van der Waals surface area contributed by atoms with Gasteiger partial charge in [0.2, 0.25) is 10.0 Å². The lowest BCUT2D eigenvalue weighted by Crippen LogP contribution is -2.23. The van der Waals surface area contributed by atoms with Gasteiger partial charge < -0.3 is 5.73 Å². The summed E-state index contributed by atoms with van der Waals surface area (Å²) in [6.07, 6.45) is 1.64. The van der Waals surface area contributed by atoms with Crippen molar-refractivity contribution >= 4 is 37.3 Å². The van der Waals surface area contributed by atoms with E-state index in [4.69, 9.17) is 5.73 Å². The molecule has 0 saturated heterocycles. The summed E-state index contributed by atoms with van der Waals surface area (Å²) in [5.41, 5.74) is 6.37. The quantitative estimate of drug-likeness (QED) is 0.850. The van der Waals surface area contributed by atoms with Crippen LogP contribution in [0.15, 0.2) is 39.1 Å². The maximum Gasteiger partial charge on any atom is 0.242 e. The zero-order valence-electron chi connectivity index (χ0n) is 9.84. The first-order valence-corrected chi connectivity index (χ1v) is 8.55. The first kappa shape index (κ1) is 14.6. The standard InChI is InChI=1S/C11H12BrN3O2S2/c12-9-5-8(6-13)1-2-10(9)19(16,17)15-7-11-14-3-4-18-11/h1-5,15H,6-7,13H2. The Hall–Kier alpha value is -0.800. The van der Waals surface area contributed by atoms with Crippen molar-refractivity contribution in [1.82, 2.24) is 9.71 Å². The maximum atomic E-state index is 12.2. The molecular formula is C11H12BrN3O2S2. The number of benzene rings is 1. The number of nitrogens with two attached hydrogens (primary N) is 1. The zero-order chi connectivity index (χ0) is 13.9. The van der Waals surface area contributed by atoms with Crippen LogP contribution in [-0.4, -0.2) is 13.4 Å². The lowest BCUT2D eigenvalue weighted by Gasteiger charge is -2.08. The summed E-state index contributed by atoms with van der Waals surface area (Å²) in [7, 11) is -3.56. The van der Waals surface area contributed by atoms with Crippen molar-refractivity contribution in [3.63, 3.8) is 0 Å². The van der Waals surface area contributed by atoms with Crippen LogP contribution in [0.1, 0.15) is 10.6 Å². The Morgan fingerprint density at radius 2 is 2.21 bits per heavy atom. The molecule has 0 saturated carbocycles. The molecule has 0 unspecified atom stereocenters. The van der Waals surface area contributed by atoms with Gasteiger partial charge in [0.05, 0.1) is 11.4 Å². The second kappa shape index (κ2) is 6.10. The van der Waals surface area contributed by atoms with Gasteiger partial charge >= 0.3 is 0 Å². The number of sulfonamides is 1. The lowest BCUT2D eigenvalue weighted by atomic mass is 10.2. The van der Waals surface area contributed by atoms with Crippen LogP contribution in [0, 0.1) is 0 Å². The van der Waals surface area contributed by atoms with Crippen LogP contribution in [0.4, 0.5) is 0 Å². The first-order valence-electron chi connectivity index (χ1n) is 5.39. The maximum absolute atomic E-state index is 12.2. The molecule has 0 spiro atoms. The fourth-order valence-electron chi connectivity index (χ4n) is 1.46. The van der Waals surface area contributed by atoms with Gasteiger partial charge in [-0.05, 0) is 33.6 Å². The Balaban J connectivity index is 2.19. The highest BCUT2D eigenvalue weighted by molar-refractivity contribution is 9.10. The normalized spacial score (nSPS) is 11.7. The fraction of sp³-hybridized carbons (Fsp3) is 0.182. The predicted octanol–water partition coefficient (Wildman–Crippen LogP) is 1.84. The average Bonchev–Trinajstić information content (AvgIpc) is 2.89. The van der Waals surface area contributed by atoms with Gasteiger partial charge in [0, 0.05) is 22.6 Å². The molecule has 0 radical (unpaired) electrons. The number of aromatic nitrogens is 1. The SMILES string of the molecule is NCc1ccc(S(=O)(=O)NCc2nccs2)c(Br)c1. The second-order valence-electron chi connectivity index (χ2n) is 3.72. The van der Waals surface area contributed by atoms with Crippen molar-refractivity contribution in [2.45, 2.75) is 18.0 Å². The molecule has 0 bridgehead atoms. The van der Waals surface area contributed by atoms with E-state index >= 15 is 0 Å². The Labute approximate surface area is 124 Å². The first-order chi connectivity index (χ1) is 9.03. The molecule has 0 aliphatic heterocycles. The van der Waals surface area contributed by atoms with E-state index in [2.05, 4.69) is 25.6 Å². The minimum atomic E-state index is -3.56. The smallest absolute Gasteiger partial charge is 0.242 e. The van der Waals surface area contributed by atoms with Crippen LogP contribution in [0.2, 0.25) is 0 Å². The van der Waals surface area contributed by atoms with Crippen molar-refractivity contribution in [2.24, 2.45) is 5.73 Å². The molecule has 0 aliphatic carbocycles. The van der Waals surface area contributed by atoms with Crippen molar-refractivity contribution in [3.05, 3.63) is 44.8 Å². The predicted molar refractivity (Wildman–Crippen MR) is 78.2 cm³/mol. The van der Waals surface area contributed by atoms with E-state index in [1.165, 1.54) is 17.4 Å².